The molecule has 0 saturated carbocycles. The number of unbranched alkanes of at least 4 members (excludes halogenated alkanes) is 1. The molecule has 12 heteroatoms. The molecule has 0 spiro atoms. The molecule has 178 valence electrons. The van der Waals surface area contributed by atoms with Gasteiger partial charge in [0.25, 0.3) is 5.91 Å². The summed E-state index contributed by atoms with van der Waals surface area (Å²) in [7, 11) is 0. The first-order valence-electron chi connectivity index (χ1n) is 10.6. The third kappa shape index (κ3) is 8.05. The highest BCUT2D eigenvalue weighted by Gasteiger charge is 2.31. The summed E-state index contributed by atoms with van der Waals surface area (Å²) in [6.07, 6.45) is 1.46. The molecule has 1 aromatic heterocycles. The van der Waals surface area contributed by atoms with Crippen LogP contribution in [0.25, 0.3) is 0 Å². The van der Waals surface area contributed by atoms with Gasteiger partial charge >= 0.3 is 12.1 Å². The number of esters is 1. The second-order valence-electron chi connectivity index (χ2n) is 7.14. The molecule has 1 atom stereocenters. The van der Waals surface area contributed by atoms with Gasteiger partial charge in [-0.1, -0.05) is 13.3 Å². The van der Waals surface area contributed by atoms with Crippen molar-refractivity contribution < 1.29 is 28.7 Å². The number of piperazine rings is 1. The van der Waals surface area contributed by atoms with Gasteiger partial charge in [0.05, 0.1) is 13.2 Å². The molecular formula is C20H29BrN4O6S. The van der Waals surface area contributed by atoms with Crippen LogP contribution in [0.15, 0.2) is 9.30 Å². The van der Waals surface area contributed by atoms with E-state index in [-0.39, 0.29) is 37.1 Å². The number of carbonyl (C=O) groups excluding carboxylic acids is 4. The number of rotatable bonds is 10. The Morgan fingerprint density at radius 3 is 2.44 bits per heavy atom. The minimum Gasteiger partial charge on any atom is -0.466 e. The summed E-state index contributed by atoms with van der Waals surface area (Å²) >= 11 is 4.47. The van der Waals surface area contributed by atoms with Crippen LogP contribution in [0, 0.1) is 0 Å². The Balaban J connectivity index is 1.96. The fourth-order valence-electron chi connectivity index (χ4n) is 3.07. The second kappa shape index (κ2) is 13.4. The number of amides is 3. The lowest BCUT2D eigenvalue weighted by atomic mass is 10.1. The minimum atomic E-state index is -0.907. The van der Waals surface area contributed by atoms with E-state index in [1.807, 2.05) is 6.92 Å². The Labute approximate surface area is 199 Å². The van der Waals surface area contributed by atoms with E-state index >= 15 is 0 Å². The van der Waals surface area contributed by atoms with Crippen molar-refractivity contribution in [3.8, 4) is 0 Å². The molecule has 2 heterocycles. The van der Waals surface area contributed by atoms with Crippen LogP contribution in [0.2, 0.25) is 0 Å². The molecule has 0 unspecified atom stereocenters. The Kier molecular flexibility index (Phi) is 10.9. The van der Waals surface area contributed by atoms with Crippen molar-refractivity contribution in [1.29, 1.82) is 0 Å². The predicted molar refractivity (Wildman–Crippen MR) is 121 cm³/mol. The van der Waals surface area contributed by atoms with E-state index in [1.165, 1.54) is 11.3 Å². The maximum atomic E-state index is 13.1. The molecule has 0 radical (unpaired) electrons. The Morgan fingerprint density at radius 2 is 1.84 bits per heavy atom. The Hall–Kier alpha value is -2.21. The van der Waals surface area contributed by atoms with Crippen LogP contribution in [0.1, 0.15) is 50.0 Å². The molecule has 2 rings (SSSR count). The number of ether oxygens (including phenoxy) is 2. The van der Waals surface area contributed by atoms with Crippen molar-refractivity contribution in [2.24, 2.45) is 0 Å². The molecule has 1 aliphatic rings. The molecule has 32 heavy (non-hydrogen) atoms. The molecule has 1 saturated heterocycles. The van der Waals surface area contributed by atoms with Crippen LogP contribution in [0.4, 0.5) is 4.79 Å². The fourth-order valence-corrected chi connectivity index (χ4v) is 4.06. The first kappa shape index (κ1) is 26.0. The Bertz CT molecular complexity index is 797. The third-order valence-electron chi connectivity index (χ3n) is 4.83. The van der Waals surface area contributed by atoms with E-state index in [9.17, 15) is 19.2 Å². The van der Waals surface area contributed by atoms with E-state index in [4.69, 9.17) is 9.47 Å². The van der Waals surface area contributed by atoms with Crippen LogP contribution in [0.3, 0.4) is 0 Å². The number of hydrogen-bond donors (Lipinski definition) is 1. The van der Waals surface area contributed by atoms with Crippen molar-refractivity contribution in [1.82, 2.24) is 20.1 Å². The molecule has 10 nitrogen and oxygen atoms in total. The molecule has 1 aromatic rings. The number of thiazole rings is 1. The number of hydrogen-bond acceptors (Lipinski definition) is 8. The summed E-state index contributed by atoms with van der Waals surface area (Å²) < 4.78 is 10.7. The first-order chi connectivity index (χ1) is 15.3. The zero-order valence-electron chi connectivity index (χ0n) is 18.3. The second-order valence-corrected chi connectivity index (χ2v) is 9.27. The zero-order chi connectivity index (χ0) is 23.5. The lowest BCUT2D eigenvalue weighted by Gasteiger charge is -2.36. The molecule has 3 amide bonds. The van der Waals surface area contributed by atoms with E-state index in [1.54, 1.807) is 22.1 Å². The van der Waals surface area contributed by atoms with Crippen molar-refractivity contribution >= 4 is 51.1 Å². The Morgan fingerprint density at radius 1 is 1.16 bits per heavy atom. The highest BCUT2D eigenvalue weighted by molar-refractivity contribution is 9.11. The number of nitrogens with zero attached hydrogens (tertiary/aromatic N) is 3. The maximum Gasteiger partial charge on any atom is 0.409 e. The minimum absolute atomic E-state index is 0.00495. The average molecular weight is 533 g/mol. The summed E-state index contributed by atoms with van der Waals surface area (Å²) in [5.41, 5.74) is 0.190. The largest absolute Gasteiger partial charge is 0.466 e. The van der Waals surface area contributed by atoms with Gasteiger partial charge in [-0.2, -0.15) is 0 Å². The predicted octanol–water partition coefficient (Wildman–Crippen LogP) is 2.43. The van der Waals surface area contributed by atoms with Crippen molar-refractivity contribution in [3.05, 3.63) is 15.0 Å². The van der Waals surface area contributed by atoms with Gasteiger partial charge in [0.1, 0.15) is 11.7 Å². The lowest BCUT2D eigenvalue weighted by molar-refractivity contribution is -0.143. The summed E-state index contributed by atoms with van der Waals surface area (Å²) in [5, 5.41) is 4.27. The lowest BCUT2D eigenvalue weighted by Crippen LogP contribution is -2.56. The first-order valence-corrected chi connectivity index (χ1v) is 12.3. The number of carbonyl (C=O) groups is 4. The summed E-state index contributed by atoms with van der Waals surface area (Å²) in [5.74, 6) is -1.24. The van der Waals surface area contributed by atoms with Gasteiger partial charge in [-0.25, -0.2) is 9.78 Å². The van der Waals surface area contributed by atoms with E-state index in [2.05, 4.69) is 26.2 Å². The molecule has 1 aliphatic heterocycles. The quantitative estimate of drug-likeness (QED) is 0.363. The van der Waals surface area contributed by atoms with Gasteiger partial charge < -0.3 is 24.6 Å². The normalized spacial score (nSPS) is 14.6. The van der Waals surface area contributed by atoms with Gasteiger partial charge in [-0.05, 0) is 35.7 Å². The van der Waals surface area contributed by atoms with Crippen LogP contribution in [-0.2, 0) is 19.1 Å². The molecule has 1 N–H and O–H groups in total. The number of aromatic nitrogens is 1. The molecule has 0 aliphatic carbocycles. The summed E-state index contributed by atoms with van der Waals surface area (Å²) in [6, 6.07) is -0.907. The standard InChI is InChI=1S/C20H29BrN4O6S/c1-3-5-12-31-20(29)25-10-8-24(9-11-25)18(28)14(6-7-16(26)30-4-2)22-17(27)15-13-32-19(21)23-15/h13-14H,3-12H2,1-2H3,(H,22,27)/t14-/m0/s1. The van der Waals surface area contributed by atoms with Gasteiger partial charge in [0, 0.05) is 38.0 Å². The third-order valence-corrected chi connectivity index (χ3v) is 6.19. The smallest absolute Gasteiger partial charge is 0.409 e. The van der Waals surface area contributed by atoms with Crippen molar-refractivity contribution in [3.63, 3.8) is 0 Å². The number of halogens is 1. The van der Waals surface area contributed by atoms with Gasteiger partial charge in [0.2, 0.25) is 5.91 Å². The van der Waals surface area contributed by atoms with Crippen LogP contribution < -0.4 is 5.32 Å². The molecule has 0 aromatic carbocycles. The van der Waals surface area contributed by atoms with Crippen molar-refractivity contribution in [2.45, 2.75) is 45.6 Å². The maximum absolute atomic E-state index is 13.1. The number of nitrogens with one attached hydrogen (secondary N) is 1. The highest BCUT2D eigenvalue weighted by atomic mass is 79.9. The molecule has 1 fully saturated rings. The summed E-state index contributed by atoms with van der Waals surface area (Å²) in [6.45, 7) is 5.65. The van der Waals surface area contributed by atoms with Crippen molar-refractivity contribution in [2.75, 3.05) is 39.4 Å². The topological polar surface area (TPSA) is 118 Å². The fraction of sp³-hybridized carbons (Fsp3) is 0.650. The van der Waals surface area contributed by atoms with Crippen LogP contribution >= 0.6 is 27.3 Å². The van der Waals surface area contributed by atoms with E-state index < -0.39 is 17.9 Å². The molecular weight excluding hydrogens is 504 g/mol. The van der Waals surface area contributed by atoms with Gasteiger partial charge in [-0.15, -0.1) is 11.3 Å². The van der Waals surface area contributed by atoms with Crippen LogP contribution in [0.5, 0.6) is 0 Å². The SMILES string of the molecule is CCCCOC(=O)N1CCN(C(=O)[C@H](CCC(=O)OCC)NC(=O)c2csc(Br)n2)CC1. The average Bonchev–Trinajstić information content (AvgIpc) is 3.23. The summed E-state index contributed by atoms with van der Waals surface area (Å²) in [4.78, 5) is 56.8. The zero-order valence-corrected chi connectivity index (χ0v) is 20.7. The van der Waals surface area contributed by atoms with Gasteiger partial charge in [-0.3, -0.25) is 14.4 Å². The van der Waals surface area contributed by atoms with E-state index in [0.29, 0.717) is 36.7 Å². The van der Waals surface area contributed by atoms with Gasteiger partial charge in [0.15, 0.2) is 3.92 Å². The van der Waals surface area contributed by atoms with E-state index in [0.717, 1.165) is 12.8 Å². The monoisotopic (exact) mass is 532 g/mol. The highest BCUT2D eigenvalue weighted by Crippen LogP contribution is 2.16. The molecule has 0 bridgehead atoms. The van der Waals surface area contributed by atoms with Crippen LogP contribution in [-0.4, -0.2) is 84.1 Å².